The van der Waals surface area contributed by atoms with Crippen molar-refractivity contribution in [1.82, 2.24) is 4.98 Å². The number of ether oxygens (including phenoxy) is 1. The van der Waals surface area contributed by atoms with E-state index in [1.54, 1.807) is 7.11 Å². The van der Waals surface area contributed by atoms with E-state index in [1.807, 2.05) is 30.6 Å². The molecule has 0 saturated carbocycles. The molecule has 1 aromatic heterocycles. The van der Waals surface area contributed by atoms with Gasteiger partial charge < -0.3 is 19.9 Å². The van der Waals surface area contributed by atoms with Gasteiger partial charge in [0.15, 0.2) is 5.75 Å². The lowest BCUT2D eigenvalue weighted by Gasteiger charge is -2.36. The third kappa shape index (κ3) is 3.19. The average Bonchev–Trinajstić information content (AvgIpc) is 3.05. The smallest absolute Gasteiger partial charge is 0.250 e. The standard InChI is InChI=1S/C21H28N2O2Si/c1-21(2,3)26(5,6)25-19-10-7-14(11-20(19)24-4)15-8-9-18(22)17-13-23-12-16(15)17/h7-13,23H,22H2,1-6H3. The number of aromatic amines is 1. The highest BCUT2D eigenvalue weighted by molar-refractivity contribution is 6.74. The van der Waals surface area contributed by atoms with E-state index in [9.17, 15) is 0 Å². The Morgan fingerprint density at radius 3 is 2.31 bits per heavy atom. The van der Waals surface area contributed by atoms with Crippen molar-refractivity contribution in [3.63, 3.8) is 0 Å². The predicted octanol–water partition coefficient (Wildman–Crippen LogP) is 5.81. The van der Waals surface area contributed by atoms with Crippen molar-refractivity contribution >= 4 is 24.8 Å². The Bertz CT molecular complexity index is 939. The van der Waals surface area contributed by atoms with Gasteiger partial charge in [0.2, 0.25) is 0 Å². The number of anilines is 1. The van der Waals surface area contributed by atoms with Crippen molar-refractivity contribution in [2.24, 2.45) is 0 Å². The summed E-state index contributed by atoms with van der Waals surface area (Å²) in [6.07, 6.45) is 3.91. The van der Waals surface area contributed by atoms with Crippen LogP contribution in [0.25, 0.3) is 21.9 Å². The minimum Gasteiger partial charge on any atom is -0.541 e. The van der Waals surface area contributed by atoms with E-state index in [4.69, 9.17) is 14.9 Å². The lowest BCUT2D eigenvalue weighted by Crippen LogP contribution is -2.43. The number of methoxy groups -OCH3 is 1. The normalized spacial score (nSPS) is 12.4. The molecule has 0 saturated heterocycles. The Morgan fingerprint density at radius 2 is 1.65 bits per heavy atom. The van der Waals surface area contributed by atoms with Gasteiger partial charge in [-0.2, -0.15) is 0 Å². The van der Waals surface area contributed by atoms with Crippen LogP contribution >= 0.6 is 0 Å². The quantitative estimate of drug-likeness (QED) is 0.451. The first-order valence-corrected chi connectivity index (χ1v) is 11.8. The van der Waals surface area contributed by atoms with Crippen LogP contribution in [0.15, 0.2) is 42.7 Å². The highest BCUT2D eigenvalue weighted by atomic mass is 28.4. The Balaban J connectivity index is 2.04. The number of hydrogen-bond donors (Lipinski definition) is 2. The maximum Gasteiger partial charge on any atom is 0.250 e. The van der Waals surface area contributed by atoms with Gasteiger partial charge in [-0.1, -0.05) is 32.9 Å². The van der Waals surface area contributed by atoms with Gasteiger partial charge in [0.25, 0.3) is 8.32 Å². The van der Waals surface area contributed by atoms with E-state index in [0.29, 0.717) is 0 Å². The summed E-state index contributed by atoms with van der Waals surface area (Å²) in [5, 5.41) is 2.26. The molecule has 3 aromatic rings. The number of nitrogen functional groups attached to an aromatic ring is 1. The molecule has 3 rings (SSSR count). The molecule has 138 valence electrons. The van der Waals surface area contributed by atoms with Crippen molar-refractivity contribution in [3.8, 4) is 22.6 Å². The number of fused-ring (bicyclic) bond motifs is 1. The highest BCUT2D eigenvalue weighted by Gasteiger charge is 2.39. The maximum absolute atomic E-state index is 6.46. The number of aromatic nitrogens is 1. The number of nitrogens with two attached hydrogens (primary N) is 1. The van der Waals surface area contributed by atoms with Gasteiger partial charge in [0.1, 0.15) is 5.75 Å². The Hall–Kier alpha value is -2.40. The molecule has 5 heteroatoms. The predicted molar refractivity (Wildman–Crippen MR) is 113 cm³/mol. The maximum atomic E-state index is 6.46. The summed E-state index contributed by atoms with van der Waals surface area (Å²) in [4.78, 5) is 3.15. The molecule has 0 unspecified atom stereocenters. The lowest BCUT2D eigenvalue weighted by molar-refractivity contribution is 0.386. The van der Waals surface area contributed by atoms with E-state index in [-0.39, 0.29) is 5.04 Å². The zero-order valence-electron chi connectivity index (χ0n) is 16.4. The molecular formula is C21H28N2O2Si. The number of benzene rings is 2. The van der Waals surface area contributed by atoms with Crippen molar-refractivity contribution < 1.29 is 9.16 Å². The van der Waals surface area contributed by atoms with Gasteiger partial charge >= 0.3 is 0 Å². The Morgan fingerprint density at radius 1 is 0.962 bits per heavy atom. The number of H-pyrrole nitrogens is 1. The monoisotopic (exact) mass is 368 g/mol. The zero-order chi connectivity index (χ0) is 19.1. The van der Waals surface area contributed by atoms with Crippen LogP contribution in [0, 0.1) is 0 Å². The van der Waals surface area contributed by atoms with Gasteiger partial charge in [0.05, 0.1) is 7.11 Å². The molecule has 0 spiro atoms. The summed E-state index contributed by atoms with van der Waals surface area (Å²) >= 11 is 0. The molecule has 3 N–H and O–H groups in total. The summed E-state index contributed by atoms with van der Waals surface area (Å²) in [5.74, 6) is 1.57. The van der Waals surface area contributed by atoms with E-state index >= 15 is 0 Å². The van der Waals surface area contributed by atoms with Gasteiger partial charge in [-0.15, -0.1) is 0 Å². The van der Waals surface area contributed by atoms with Crippen molar-refractivity contribution in [1.29, 1.82) is 0 Å². The molecule has 2 aromatic carbocycles. The minimum atomic E-state index is -1.93. The van der Waals surface area contributed by atoms with Crippen molar-refractivity contribution in [2.75, 3.05) is 12.8 Å². The van der Waals surface area contributed by atoms with Crippen molar-refractivity contribution in [3.05, 3.63) is 42.7 Å². The molecule has 0 radical (unpaired) electrons. The van der Waals surface area contributed by atoms with Crippen LogP contribution in [0.2, 0.25) is 18.1 Å². The molecule has 0 bridgehead atoms. The van der Waals surface area contributed by atoms with Crippen LogP contribution in [-0.4, -0.2) is 20.4 Å². The van der Waals surface area contributed by atoms with Crippen LogP contribution in [0.5, 0.6) is 11.5 Å². The fourth-order valence-corrected chi connectivity index (χ4v) is 3.80. The summed E-state index contributed by atoms with van der Waals surface area (Å²) < 4.78 is 12.1. The van der Waals surface area contributed by atoms with Crippen molar-refractivity contribution in [2.45, 2.75) is 38.9 Å². The molecule has 0 aliphatic rings. The molecule has 0 fully saturated rings. The summed E-state index contributed by atoms with van der Waals surface area (Å²) in [5.41, 5.74) is 9.05. The first-order chi connectivity index (χ1) is 12.1. The molecule has 0 aliphatic carbocycles. The Labute approximate surface area is 156 Å². The van der Waals surface area contributed by atoms with Crippen LogP contribution in [0.3, 0.4) is 0 Å². The second-order valence-corrected chi connectivity index (χ2v) is 12.9. The number of nitrogens with one attached hydrogen (secondary N) is 1. The third-order valence-corrected chi connectivity index (χ3v) is 9.76. The largest absolute Gasteiger partial charge is 0.541 e. The van der Waals surface area contributed by atoms with Gasteiger partial charge in [-0.25, -0.2) is 0 Å². The van der Waals surface area contributed by atoms with E-state index < -0.39 is 8.32 Å². The molecular weight excluding hydrogens is 340 g/mol. The summed E-state index contributed by atoms with van der Waals surface area (Å²) in [6, 6.07) is 10.1. The fraction of sp³-hybridized carbons (Fsp3) is 0.333. The van der Waals surface area contributed by atoms with Gasteiger partial charge in [-0.3, -0.25) is 0 Å². The fourth-order valence-electron chi connectivity index (χ4n) is 2.78. The van der Waals surface area contributed by atoms with Gasteiger partial charge in [0, 0.05) is 28.9 Å². The highest BCUT2D eigenvalue weighted by Crippen LogP contribution is 2.42. The van der Waals surface area contributed by atoms with Gasteiger partial charge in [-0.05, 0) is 47.5 Å². The number of hydrogen-bond acceptors (Lipinski definition) is 3. The number of rotatable bonds is 4. The molecule has 0 atom stereocenters. The molecule has 0 amide bonds. The molecule has 0 aliphatic heterocycles. The lowest BCUT2D eigenvalue weighted by atomic mass is 10.00. The van der Waals surface area contributed by atoms with E-state index in [0.717, 1.165) is 39.1 Å². The second-order valence-electron chi connectivity index (χ2n) is 8.21. The third-order valence-electron chi connectivity index (χ3n) is 5.42. The topological polar surface area (TPSA) is 60.3 Å². The minimum absolute atomic E-state index is 0.130. The van der Waals surface area contributed by atoms with Crippen LogP contribution < -0.4 is 14.9 Å². The van der Waals surface area contributed by atoms with E-state index in [1.165, 1.54) is 0 Å². The SMILES string of the molecule is COc1cc(-c2ccc(N)c3c[nH]cc23)ccc1O[Si](C)(C)C(C)(C)C. The molecule has 4 nitrogen and oxygen atoms in total. The Kier molecular flexibility index (Phi) is 4.52. The molecule has 1 heterocycles. The second kappa shape index (κ2) is 6.40. The summed E-state index contributed by atoms with van der Waals surface area (Å²) in [7, 11) is -0.245. The van der Waals surface area contributed by atoms with Crippen LogP contribution in [-0.2, 0) is 0 Å². The zero-order valence-corrected chi connectivity index (χ0v) is 17.4. The molecule has 26 heavy (non-hydrogen) atoms. The van der Waals surface area contributed by atoms with Crippen LogP contribution in [0.1, 0.15) is 20.8 Å². The average molecular weight is 369 g/mol. The first kappa shape index (κ1) is 18.4. The van der Waals surface area contributed by atoms with Crippen LogP contribution in [0.4, 0.5) is 5.69 Å². The summed E-state index contributed by atoms with van der Waals surface area (Å²) in [6.45, 7) is 11.2. The first-order valence-electron chi connectivity index (χ1n) is 8.86. The van der Waals surface area contributed by atoms with E-state index in [2.05, 4.69) is 51.0 Å².